The number of benzene rings is 2. The maximum absolute atomic E-state index is 12.6. The predicted molar refractivity (Wildman–Crippen MR) is 80.2 cm³/mol. The average Bonchev–Trinajstić information content (AvgIpc) is 2.84. The molecule has 0 bridgehead atoms. The van der Waals surface area contributed by atoms with E-state index in [1.807, 2.05) is 0 Å². The largest absolute Gasteiger partial charge is 0.497 e. The number of amides is 1. The Bertz CT molecular complexity index is 755. The summed E-state index contributed by atoms with van der Waals surface area (Å²) in [4.78, 5) is 24.0. The zero-order chi connectivity index (χ0) is 15.0. The van der Waals surface area contributed by atoms with Crippen molar-refractivity contribution in [3.63, 3.8) is 0 Å². The van der Waals surface area contributed by atoms with Gasteiger partial charge in [0, 0.05) is 16.8 Å². The van der Waals surface area contributed by atoms with Gasteiger partial charge < -0.3 is 10.1 Å². The van der Waals surface area contributed by atoms with Crippen molar-refractivity contribution < 1.29 is 14.3 Å². The summed E-state index contributed by atoms with van der Waals surface area (Å²) in [6.07, 6.45) is 0.269. The molecule has 1 aliphatic rings. The summed E-state index contributed by atoms with van der Waals surface area (Å²) < 4.78 is 5.12. The molecule has 0 fully saturated rings. The number of ether oxygens (including phenoxy) is 1. The van der Waals surface area contributed by atoms with Crippen molar-refractivity contribution in [2.45, 2.75) is 6.42 Å². The Hall–Kier alpha value is -2.33. The molecular formula is C16H12ClNO3. The minimum atomic E-state index is -0.193. The second-order valence-electron chi connectivity index (χ2n) is 4.78. The van der Waals surface area contributed by atoms with Gasteiger partial charge in [-0.15, -0.1) is 0 Å². The summed E-state index contributed by atoms with van der Waals surface area (Å²) in [6.45, 7) is 0. The Morgan fingerprint density at radius 1 is 1.29 bits per heavy atom. The summed E-state index contributed by atoms with van der Waals surface area (Å²) in [7, 11) is 1.54. The highest BCUT2D eigenvalue weighted by Gasteiger charge is 2.22. The number of fused-ring (bicyclic) bond motifs is 1. The standard InChI is InChI=1S/C16H12ClNO3/c1-21-11-4-2-3-9(5-11)16(20)12-6-10-7-15(19)18-14(10)8-13(12)17/h2-6,8H,7H2,1H3,(H,18,19). The van der Waals surface area contributed by atoms with Crippen LogP contribution in [-0.4, -0.2) is 18.8 Å². The molecule has 4 nitrogen and oxygen atoms in total. The summed E-state index contributed by atoms with van der Waals surface area (Å²) in [6, 6.07) is 10.2. The molecule has 106 valence electrons. The van der Waals surface area contributed by atoms with E-state index in [9.17, 15) is 9.59 Å². The molecule has 1 amide bonds. The second kappa shape index (κ2) is 5.22. The smallest absolute Gasteiger partial charge is 0.228 e. The van der Waals surface area contributed by atoms with Gasteiger partial charge in [-0.2, -0.15) is 0 Å². The molecule has 0 aromatic heterocycles. The molecule has 0 saturated carbocycles. The van der Waals surface area contributed by atoms with E-state index >= 15 is 0 Å². The highest BCUT2D eigenvalue weighted by Crippen LogP contribution is 2.31. The lowest BCUT2D eigenvalue weighted by Crippen LogP contribution is -2.03. The van der Waals surface area contributed by atoms with Gasteiger partial charge in [-0.05, 0) is 29.8 Å². The number of ketones is 1. The summed E-state index contributed by atoms with van der Waals surface area (Å²) >= 11 is 6.17. The third-order valence-corrected chi connectivity index (χ3v) is 3.71. The van der Waals surface area contributed by atoms with Crippen molar-refractivity contribution >= 4 is 29.0 Å². The van der Waals surface area contributed by atoms with Crippen molar-refractivity contribution in [1.82, 2.24) is 0 Å². The van der Waals surface area contributed by atoms with E-state index in [2.05, 4.69) is 5.32 Å². The van der Waals surface area contributed by atoms with Gasteiger partial charge in [-0.25, -0.2) is 0 Å². The van der Waals surface area contributed by atoms with Crippen LogP contribution in [0.1, 0.15) is 21.5 Å². The van der Waals surface area contributed by atoms with Gasteiger partial charge in [0.05, 0.1) is 18.6 Å². The Morgan fingerprint density at radius 3 is 2.86 bits per heavy atom. The molecule has 0 radical (unpaired) electrons. The highest BCUT2D eigenvalue weighted by molar-refractivity contribution is 6.35. The van der Waals surface area contributed by atoms with Gasteiger partial charge in [-0.3, -0.25) is 9.59 Å². The maximum Gasteiger partial charge on any atom is 0.228 e. The maximum atomic E-state index is 12.6. The molecule has 2 aromatic carbocycles. The normalized spacial score (nSPS) is 12.8. The Kier molecular flexibility index (Phi) is 3.39. The Labute approximate surface area is 126 Å². The van der Waals surface area contributed by atoms with Crippen LogP contribution in [0.15, 0.2) is 36.4 Å². The molecule has 1 heterocycles. The molecule has 1 aliphatic heterocycles. The number of carbonyl (C=O) groups excluding carboxylic acids is 2. The highest BCUT2D eigenvalue weighted by atomic mass is 35.5. The predicted octanol–water partition coefficient (Wildman–Crippen LogP) is 3.07. The monoisotopic (exact) mass is 301 g/mol. The number of hydrogen-bond acceptors (Lipinski definition) is 3. The van der Waals surface area contributed by atoms with Crippen molar-refractivity contribution in [2.75, 3.05) is 12.4 Å². The van der Waals surface area contributed by atoms with E-state index in [4.69, 9.17) is 16.3 Å². The van der Waals surface area contributed by atoms with Crippen LogP contribution in [0, 0.1) is 0 Å². The molecular weight excluding hydrogens is 290 g/mol. The van der Waals surface area contributed by atoms with Crippen LogP contribution in [0.4, 0.5) is 5.69 Å². The van der Waals surface area contributed by atoms with Gasteiger partial charge in [0.2, 0.25) is 5.91 Å². The molecule has 3 rings (SSSR count). The Balaban J connectivity index is 2.02. The van der Waals surface area contributed by atoms with Gasteiger partial charge >= 0.3 is 0 Å². The van der Waals surface area contributed by atoms with Crippen molar-refractivity contribution in [3.8, 4) is 5.75 Å². The third kappa shape index (κ3) is 2.50. The molecule has 0 spiro atoms. The van der Waals surface area contributed by atoms with E-state index in [1.165, 1.54) is 0 Å². The first-order valence-electron chi connectivity index (χ1n) is 6.39. The quantitative estimate of drug-likeness (QED) is 0.886. The molecule has 0 unspecified atom stereocenters. The molecule has 1 N–H and O–H groups in total. The average molecular weight is 302 g/mol. The Morgan fingerprint density at radius 2 is 2.10 bits per heavy atom. The summed E-state index contributed by atoms with van der Waals surface area (Å²) in [5, 5.41) is 3.03. The molecule has 0 atom stereocenters. The molecule has 0 saturated heterocycles. The molecule has 21 heavy (non-hydrogen) atoms. The lowest BCUT2D eigenvalue weighted by molar-refractivity contribution is -0.115. The van der Waals surface area contributed by atoms with Gasteiger partial charge in [0.1, 0.15) is 5.75 Å². The number of halogens is 1. The van der Waals surface area contributed by atoms with E-state index in [-0.39, 0.29) is 18.1 Å². The van der Waals surface area contributed by atoms with Crippen molar-refractivity contribution in [2.24, 2.45) is 0 Å². The van der Waals surface area contributed by atoms with Crippen LogP contribution in [0.2, 0.25) is 5.02 Å². The van der Waals surface area contributed by atoms with Crippen LogP contribution in [-0.2, 0) is 11.2 Å². The zero-order valence-corrected chi connectivity index (χ0v) is 12.0. The van der Waals surface area contributed by atoms with Crippen LogP contribution >= 0.6 is 11.6 Å². The lowest BCUT2D eigenvalue weighted by Gasteiger charge is -2.08. The van der Waals surface area contributed by atoms with Gasteiger partial charge in [-0.1, -0.05) is 23.7 Å². The third-order valence-electron chi connectivity index (χ3n) is 3.39. The van der Waals surface area contributed by atoms with Crippen LogP contribution < -0.4 is 10.1 Å². The lowest BCUT2D eigenvalue weighted by atomic mass is 10.00. The minimum Gasteiger partial charge on any atom is -0.497 e. The molecule has 5 heteroatoms. The fourth-order valence-electron chi connectivity index (χ4n) is 2.34. The first-order valence-corrected chi connectivity index (χ1v) is 6.77. The fraction of sp³-hybridized carbons (Fsp3) is 0.125. The zero-order valence-electron chi connectivity index (χ0n) is 11.3. The van der Waals surface area contributed by atoms with E-state index < -0.39 is 0 Å². The number of carbonyl (C=O) groups is 2. The van der Waals surface area contributed by atoms with Crippen LogP contribution in [0.3, 0.4) is 0 Å². The fourth-order valence-corrected chi connectivity index (χ4v) is 2.59. The van der Waals surface area contributed by atoms with Crippen molar-refractivity contribution in [1.29, 1.82) is 0 Å². The summed E-state index contributed by atoms with van der Waals surface area (Å²) in [5.74, 6) is 0.322. The first kappa shape index (κ1) is 13.6. The second-order valence-corrected chi connectivity index (χ2v) is 5.18. The SMILES string of the molecule is COc1cccc(C(=O)c2cc3c(cc2Cl)NC(=O)C3)c1. The van der Waals surface area contributed by atoms with E-state index in [1.54, 1.807) is 43.5 Å². The number of anilines is 1. The molecule has 0 aliphatic carbocycles. The summed E-state index contributed by atoms with van der Waals surface area (Å²) in [5.41, 5.74) is 2.34. The number of nitrogens with one attached hydrogen (secondary N) is 1. The van der Waals surface area contributed by atoms with Crippen LogP contribution in [0.5, 0.6) is 5.75 Å². The van der Waals surface area contributed by atoms with E-state index in [0.29, 0.717) is 27.6 Å². The van der Waals surface area contributed by atoms with Crippen LogP contribution in [0.25, 0.3) is 0 Å². The van der Waals surface area contributed by atoms with E-state index in [0.717, 1.165) is 5.56 Å². The van der Waals surface area contributed by atoms with Gasteiger partial charge in [0.25, 0.3) is 0 Å². The molecule has 2 aromatic rings. The number of rotatable bonds is 3. The number of hydrogen-bond donors (Lipinski definition) is 1. The number of methoxy groups -OCH3 is 1. The van der Waals surface area contributed by atoms with Gasteiger partial charge in [0.15, 0.2) is 5.78 Å². The minimum absolute atomic E-state index is 0.0907. The first-order chi connectivity index (χ1) is 10.1. The topological polar surface area (TPSA) is 55.4 Å². The van der Waals surface area contributed by atoms with Crippen molar-refractivity contribution in [3.05, 3.63) is 58.1 Å².